The van der Waals surface area contributed by atoms with Crippen LogP contribution in [0.3, 0.4) is 0 Å². The van der Waals surface area contributed by atoms with E-state index in [-0.39, 0.29) is 6.54 Å². The van der Waals surface area contributed by atoms with Gasteiger partial charge in [0.25, 0.3) is 0 Å². The third kappa shape index (κ3) is 5.09. The lowest BCUT2D eigenvalue weighted by molar-refractivity contribution is -0.130. The molecule has 0 aliphatic heterocycles. The molecule has 0 aromatic rings. The summed E-state index contributed by atoms with van der Waals surface area (Å²) in [6.45, 7) is 0.350. The van der Waals surface area contributed by atoms with Gasteiger partial charge in [0.2, 0.25) is 17.7 Å². The molecule has 1 atom stereocenters. The third-order valence-corrected chi connectivity index (χ3v) is 1.31. The fourth-order valence-electron chi connectivity index (χ4n) is 0.737. The Morgan fingerprint density at radius 3 is 2.36 bits per heavy atom. The van der Waals surface area contributed by atoms with E-state index in [4.69, 9.17) is 10.8 Å². The van der Waals surface area contributed by atoms with Crippen LogP contribution in [-0.2, 0) is 14.4 Å². The standard InChI is InChI=1S/C7H13N3O4/c1-4(12)10-5(3-11)7(14)9-2-6(8)13/h5,11H,2-3H2,1H3,(H2,8,13)(H,9,14)(H,10,12)/t5-/m0/s1. The molecule has 0 spiro atoms. The van der Waals surface area contributed by atoms with Crippen molar-refractivity contribution in [3.63, 3.8) is 0 Å². The van der Waals surface area contributed by atoms with Crippen LogP contribution in [0.2, 0.25) is 0 Å². The lowest BCUT2D eigenvalue weighted by Crippen LogP contribution is -2.49. The van der Waals surface area contributed by atoms with Gasteiger partial charge in [0, 0.05) is 6.92 Å². The molecule has 0 aromatic carbocycles. The monoisotopic (exact) mass is 203 g/mol. The van der Waals surface area contributed by atoms with Crippen molar-refractivity contribution in [2.24, 2.45) is 5.73 Å². The highest BCUT2D eigenvalue weighted by Crippen LogP contribution is 1.82. The number of rotatable bonds is 5. The molecule has 0 aliphatic carbocycles. The van der Waals surface area contributed by atoms with E-state index < -0.39 is 30.4 Å². The number of primary amides is 1. The molecule has 7 heteroatoms. The maximum atomic E-state index is 11.1. The van der Waals surface area contributed by atoms with Gasteiger partial charge in [-0.3, -0.25) is 14.4 Å². The Hall–Kier alpha value is -1.63. The number of carbonyl (C=O) groups excluding carboxylic acids is 3. The summed E-state index contributed by atoms with van der Waals surface area (Å²) < 4.78 is 0. The lowest BCUT2D eigenvalue weighted by atomic mass is 10.3. The fourth-order valence-corrected chi connectivity index (χ4v) is 0.737. The van der Waals surface area contributed by atoms with Crippen LogP contribution in [0.5, 0.6) is 0 Å². The Bertz CT molecular complexity index is 241. The van der Waals surface area contributed by atoms with Gasteiger partial charge in [-0.05, 0) is 0 Å². The van der Waals surface area contributed by atoms with Gasteiger partial charge in [-0.1, -0.05) is 0 Å². The number of hydrogen-bond donors (Lipinski definition) is 4. The summed E-state index contributed by atoms with van der Waals surface area (Å²) in [5.74, 6) is -1.79. The summed E-state index contributed by atoms with van der Waals surface area (Å²) in [6.07, 6.45) is 0. The Balaban J connectivity index is 4.04. The zero-order valence-electron chi connectivity index (χ0n) is 7.74. The van der Waals surface area contributed by atoms with E-state index in [9.17, 15) is 14.4 Å². The van der Waals surface area contributed by atoms with E-state index in [2.05, 4.69) is 10.6 Å². The first-order chi connectivity index (χ1) is 6.47. The minimum atomic E-state index is -1.05. The van der Waals surface area contributed by atoms with Gasteiger partial charge < -0.3 is 21.5 Å². The number of hydrogen-bond acceptors (Lipinski definition) is 4. The molecule has 7 nitrogen and oxygen atoms in total. The number of aliphatic hydroxyl groups excluding tert-OH is 1. The van der Waals surface area contributed by atoms with Crippen LogP contribution >= 0.6 is 0 Å². The molecular weight excluding hydrogens is 190 g/mol. The van der Waals surface area contributed by atoms with E-state index in [0.717, 1.165) is 0 Å². The van der Waals surface area contributed by atoms with Crippen molar-refractivity contribution in [1.82, 2.24) is 10.6 Å². The minimum absolute atomic E-state index is 0.324. The average molecular weight is 203 g/mol. The molecular formula is C7H13N3O4. The van der Waals surface area contributed by atoms with Gasteiger partial charge in [0.1, 0.15) is 6.04 Å². The topological polar surface area (TPSA) is 122 Å². The van der Waals surface area contributed by atoms with E-state index in [1.54, 1.807) is 0 Å². The Morgan fingerprint density at radius 2 is 2.00 bits per heavy atom. The first-order valence-electron chi connectivity index (χ1n) is 3.91. The van der Waals surface area contributed by atoms with Crippen molar-refractivity contribution < 1.29 is 19.5 Å². The minimum Gasteiger partial charge on any atom is -0.394 e. The maximum Gasteiger partial charge on any atom is 0.245 e. The molecule has 0 saturated heterocycles. The molecule has 0 bridgehead atoms. The second-order valence-electron chi connectivity index (χ2n) is 2.62. The van der Waals surface area contributed by atoms with Crippen molar-refractivity contribution >= 4 is 17.7 Å². The van der Waals surface area contributed by atoms with E-state index in [1.807, 2.05) is 0 Å². The first-order valence-corrected chi connectivity index (χ1v) is 3.91. The third-order valence-electron chi connectivity index (χ3n) is 1.31. The van der Waals surface area contributed by atoms with Crippen LogP contribution in [0.25, 0.3) is 0 Å². The van der Waals surface area contributed by atoms with Gasteiger partial charge in [-0.2, -0.15) is 0 Å². The largest absolute Gasteiger partial charge is 0.394 e. The van der Waals surface area contributed by atoms with Gasteiger partial charge in [-0.15, -0.1) is 0 Å². The summed E-state index contributed by atoms with van der Waals surface area (Å²) in [4.78, 5) is 32.0. The highest BCUT2D eigenvalue weighted by atomic mass is 16.3. The second kappa shape index (κ2) is 5.92. The van der Waals surface area contributed by atoms with Crippen LogP contribution in [0.1, 0.15) is 6.92 Å². The predicted molar refractivity (Wildman–Crippen MR) is 46.9 cm³/mol. The average Bonchev–Trinajstić information content (AvgIpc) is 2.09. The van der Waals surface area contributed by atoms with Crippen molar-refractivity contribution in [3.05, 3.63) is 0 Å². The van der Waals surface area contributed by atoms with Crippen LogP contribution in [0.15, 0.2) is 0 Å². The van der Waals surface area contributed by atoms with Crippen LogP contribution in [-0.4, -0.2) is 42.0 Å². The van der Waals surface area contributed by atoms with Gasteiger partial charge in [0.05, 0.1) is 13.2 Å². The molecule has 0 aliphatic rings. The normalized spacial score (nSPS) is 11.6. The van der Waals surface area contributed by atoms with Crippen LogP contribution in [0, 0.1) is 0 Å². The molecule has 0 aromatic heterocycles. The number of carbonyl (C=O) groups is 3. The number of aliphatic hydroxyl groups is 1. The first kappa shape index (κ1) is 12.4. The highest BCUT2D eigenvalue weighted by molar-refractivity contribution is 5.89. The molecule has 0 rings (SSSR count). The molecule has 5 N–H and O–H groups in total. The summed E-state index contributed by atoms with van der Waals surface area (Å²) in [7, 11) is 0. The molecule has 3 amide bonds. The van der Waals surface area contributed by atoms with Crippen molar-refractivity contribution in [3.8, 4) is 0 Å². The van der Waals surface area contributed by atoms with Crippen molar-refractivity contribution in [2.75, 3.05) is 13.2 Å². The fraction of sp³-hybridized carbons (Fsp3) is 0.571. The van der Waals surface area contributed by atoms with Gasteiger partial charge in [0.15, 0.2) is 0 Å². The lowest BCUT2D eigenvalue weighted by Gasteiger charge is -2.13. The zero-order valence-corrected chi connectivity index (χ0v) is 7.74. The quantitative estimate of drug-likeness (QED) is 0.382. The number of nitrogens with two attached hydrogens (primary N) is 1. The van der Waals surface area contributed by atoms with Crippen LogP contribution < -0.4 is 16.4 Å². The molecule has 14 heavy (non-hydrogen) atoms. The summed E-state index contributed by atoms with van der Waals surface area (Å²) in [6, 6.07) is -1.05. The number of amides is 3. The Labute approximate surface area is 80.6 Å². The summed E-state index contributed by atoms with van der Waals surface area (Å²) >= 11 is 0. The van der Waals surface area contributed by atoms with E-state index in [1.165, 1.54) is 6.92 Å². The smallest absolute Gasteiger partial charge is 0.245 e. The Morgan fingerprint density at radius 1 is 1.43 bits per heavy atom. The van der Waals surface area contributed by atoms with Crippen LogP contribution in [0.4, 0.5) is 0 Å². The molecule has 0 fully saturated rings. The number of nitrogens with one attached hydrogen (secondary N) is 2. The second-order valence-corrected chi connectivity index (χ2v) is 2.62. The maximum absolute atomic E-state index is 11.1. The highest BCUT2D eigenvalue weighted by Gasteiger charge is 2.17. The van der Waals surface area contributed by atoms with Gasteiger partial charge >= 0.3 is 0 Å². The SMILES string of the molecule is CC(=O)N[C@@H](CO)C(=O)NCC(N)=O. The summed E-state index contributed by atoms with van der Waals surface area (Å²) in [5, 5.41) is 13.1. The summed E-state index contributed by atoms with van der Waals surface area (Å²) in [5.41, 5.74) is 4.78. The molecule has 80 valence electrons. The molecule has 0 saturated carbocycles. The zero-order chi connectivity index (χ0) is 11.1. The van der Waals surface area contributed by atoms with Crippen molar-refractivity contribution in [2.45, 2.75) is 13.0 Å². The van der Waals surface area contributed by atoms with E-state index >= 15 is 0 Å². The predicted octanol–water partition coefficient (Wildman–Crippen LogP) is -2.92. The molecule has 0 heterocycles. The molecule has 0 unspecified atom stereocenters. The molecule has 0 radical (unpaired) electrons. The Kier molecular flexibility index (Phi) is 5.23. The van der Waals surface area contributed by atoms with Gasteiger partial charge in [-0.25, -0.2) is 0 Å². The van der Waals surface area contributed by atoms with E-state index in [0.29, 0.717) is 0 Å². The van der Waals surface area contributed by atoms with Crippen molar-refractivity contribution in [1.29, 1.82) is 0 Å².